The molecule has 1 saturated heterocycles. The van der Waals surface area contributed by atoms with Crippen molar-refractivity contribution in [3.05, 3.63) is 0 Å². The van der Waals surface area contributed by atoms with Crippen LogP contribution in [0.3, 0.4) is 0 Å². The largest absolute Gasteiger partial charge is 0.481 e. The molecule has 1 rings (SSSR count). The lowest BCUT2D eigenvalue weighted by atomic mass is 9.94. The highest BCUT2D eigenvalue weighted by Gasteiger charge is 2.26. The number of amides is 2. The summed E-state index contributed by atoms with van der Waals surface area (Å²) >= 11 is 0. The summed E-state index contributed by atoms with van der Waals surface area (Å²) in [4.78, 5) is 24.8. The quantitative estimate of drug-likeness (QED) is 0.788. The molecule has 0 bridgehead atoms. The number of carbonyl (C=O) groups is 2. The number of rotatable bonds is 6. The van der Waals surface area contributed by atoms with Crippen LogP contribution in [0.25, 0.3) is 0 Å². The van der Waals surface area contributed by atoms with Crippen molar-refractivity contribution in [1.82, 2.24) is 10.2 Å². The normalized spacial score (nSPS) is 20.8. The van der Waals surface area contributed by atoms with E-state index in [9.17, 15) is 9.59 Å². The average molecular weight is 284 g/mol. The molecular formula is C15H28N2O3. The minimum Gasteiger partial charge on any atom is -0.481 e. The van der Waals surface area contributed by atoms with E-state index in [1.807, 2.05) is 6.92 Å². The molecule has 116 valence electrons. The molecule has 0 aromatic heterocycles. The molecule has 1 fully saturated rings. The molecule has 0 spiro atoms. The van der Waals surface area contributed by atoms with Gasteiger partial charge in [0.05, 0.1) is 0 Å². The van der Waals surface area contributed by atoms with Crippen LogP contribution in [0.5, 0.6) is 0 Å². The van der Waals surface area contributed by atoms with Gasteiger partial charge in [-0.25, -0.2) is 4.79 Å². The zero-order valence-electron chi connectivity index (χ0n) is 12.9. The topological polar surface area (TPSA) is 69.6 Å². The third-order valence-corrected chi connectivity index (χ3v) is 4.38. The summed E-state index contributed by atoms with van der Waals surface area (Å²) in [7, 11) is 0. The van der Waals surface area contributed by atoms with Crippen molar-refractivity contribution in [3.63, 3.8) is 0 Å². The number of carboxylic acids is 1. The molecule has 0 aliphatic carbocycles. The van der Waals surface area contributed by atoms with Crippen LogP contribution in [0.1, 0.15) is 52.9 Å². The molecule has 5 heteroatoms. The number of piperidine rings is 1. The van der Waals surface area contributed by atoms with E-state index in [1.54, 1.807) is 4.90 Å². The van der Waals surface area contributed by atoms with Gasteiger partial charge >= 0.3 is 12.0 Å². The number of nitrogens with zero attached hydrogens (tertiary/aromatic N) is 1. The van der Waals surface area contributed by atoms with Crippen molar-refractivity contribution in [2.24, 2.45) is 11.8 Å². The smallest absolute Gasteiger partial charge is 0.317 e. The number of aliphatic carboxylic acids is 1. The lowest BCUT2D eigenvalue weighted by Gasteiger charge is -2.34. The first kappa shape index (κ1) is 16.8. The minimum absolute atomic E-state index is 0.0421. The fourth-order valence-corrected chi connectivity index (χ4v) is 3.06. The van der Waals surface area contributed by atoms with Crippen LogP contribution in [-0.2, 0) is 4.79 Å². The molecular weight excluding hydrogens is 256 g/mol. The maximum Gasteiger partial charge on any atom is 0.317 e. The highest BCUT2D eigenvalue weighted by atomic mass is 16.4. The van der Waals surface area contributed by atoms with Gasteiger partial charge in [-0.15, -0.1) is 0 Å². The molecule has 1 heterocycles. The van der Waals surface area contributed by atoms with Crippen molar-refractivity contribution in [3.8, 4) is 0 Å². The fraction of sp³-hybridized carbons (Fsp3) is 0.867. The number of likely N-dealkylation sites (tertiary alicyclic amines) is 1. The van der Waals surface area contributed by atoms with Crippen LogP contribution in [-0.4, -0.2) is 41.1 Å². The van der Waals surface area contributed by atoms with Crippen molar-refractivity contribution >= 4 is 12.0 Å². The Morgan fingerprint density at radius 3 is 2.55 bits per heavy atom. The van der Waals surface area contributed by atoms with Gasteiger partial charge in [0.25, 0.3) is 0 Å². The van der Waals surface area contributed by atoms with E-state index in [0.29, 0.717) is 12.5 Å². The Morgan fingerprint density at radius 2 is 2.00 bits per heavy atom. The number of carbonyl (C=O) groups excluding carboxylic acids is 1. The van der Waals surface area contributed by atoms with Gasteiger partial charge in [-0.05, 0) is 31.6 Å². The SMILES string of the molecule is CCC(CC)C(C)NC(=O)N1CCCC(CC(=O)O)C1. The van der Waals surface area contributed by atoms with Crippen molar-refractivity contribution in [2.75, 3.05) is 13.1 Å². The van der Waals surface area contributed by atoms with E-state index in [0.717, 1.165) is 32.2 Å². The zero-order valence-corrected chi connectivity index (χ0v) is 12.9. The third kappa shape index (κ3) is 5.02. The number of urea groups is 1. The molecule has 2 amide bonds. The second-order valence-corrected chi connectivity index (χ2v) is 5.87. The van der Waals surface area contributed by atoms with E-state index in [-0.39, 0.29) is 24.4 Å². The summed E-state index contributed by atoms with van der Waals surface area (Å²) in [6.45, 7) is 7.63. The summed E-state index contributed by atoms with van der Waals surface area (Å²) < 4.78 is 0. The van der Waals surface area contributed by atoms with Crippen LogP contribution in [0.2, 0.25) is 0 Å². The summed E-state index contributed by atoms with van der Waals surface area (Å²) in [5, 5.41) is 11.9. The van der Waals surface area contributed by atoms with Crippen LogP contribution in [0.15, 0.2) is 0 Å². The van der Waals surface area contributed by atoms with Gasteiger partial charge in [0.15, 0.2) is 0 Å². The van der Waals surface area contributed by atoms with Crippen molar-refractivity contribution in [2.45, 2.75) is 58.9 Å². The summed E-state index contributed by atoms with van der Waals surface area (Å²) in [6, 6.07) is 0.122. The fourth-order valence-electron chi connectivity index (χ4n) is 3.06. The van der Waals surface area contributed by atoms with E-state index in [1.165, 1.54) is 0 Å². The van der Waals surface area contributed by atoms with Gasteiger partial charge in [0.2, 0.25) is 0 Å². The summed E-state index contributed by atoms with van der Waals surface area (Å²) in [5.74, 6) is -0.184. The molecule has 0 radical (unpaired) electrons. The van der Waals surface area contributed by atoms with Crippen LogP contribution < -0.4 is 5.32 Å². The maximum atomic E-state index is 12.2. The van der Waals surface area contributed by atoms with Gasteiger partial charge in [0, 0.05) is 25.6 Å². The van der Waals surface area contributed by atoms with E-state index in [4.69, 9.17) is 5.11 Å². The van der Waals surface area contributed by atoms with Gasteiger partial charge in [-0.3, -0.25) is 4.79 Å². The van der Waals surface area contributed by atoms with Crippen LogP contribution in [0, 0.1) is 11.8 Å². The number of nitrogens with one attached hydrogen (secondary N) is 1. The Morgan fingerprint density at radius 1 is 1.35 bits per heavy atom. The first-order chi connectivity index (χ1) is 9.47. The summed E-state index contributed by atoms with van der Waals surface area (Å²) in [5.41, 5.74) is 0. The number of carboxylic acid groups (broad SMARTS) is 1. The Bertz CT molecular complexity index is 329. The molecule has 0 aromatic carbocycles. The second kappa shape index (κ2) is 8.12. The average Bonchev–Trinajstić information content (AvgIpc) is 2.39. The van der Waals surface area contributed by atoms with E-state index >= 15 is 0 Å². The van der Waals surface area contributed by atoms with Crippen molar-refractivity contribution in [1.29, 1.82) is 0 Å². The maximum absolute atomic E-state index is 12.2. The zero-order chi connectivity index (χ0) is 15.1. The molecule has 2 atom stereocenters. The van der Waals surface area contributed by atoms with Crippen LogP contribution in [0.4, 0.5) is 4.79 Å². The Labute approximate surface area is 121 Å². The monoisotopic (exact) mass is 284 g/mol. The van der Waals surface area contributed by atoms with Gasteiger partial charge < -0.3 is 15.3 Å². The lowest BCUT2D eigenvalue weighted by Crippen LogP contribution is -2.49. The van der Waals surface area contributed by atoms with E-state index in [2.05, 4.69) is 19.2 Å². The first-order valence-corrected chi connectivity index (χ1v) is 7.75. The van der Waals surface area contributed by atoms with E-state index < -0.39 is 5.97 Å². The van der Waals surface area contributed by atoms with Gasteiger partial charge in [-0.1, -0.05) is 26.7 Å². The van der Waals surface area contributed by atoms with Gasteiger partial charge in [0.1, 0.15) is 0 Å². The van der Waals surface area contributed by atoms with Crippen molar-refractivity contribution < 1.29 is 14.7 Å². The minimum atomic E-state index is -0.775. The summed E-state index contributed by atoms with van der Waals surface area (Å²) in [6.07, 6.45) is 4.06. The Hall–Kier alpha value is -1.26. The molecule has 0 saturated carbocycles. The third-order valence-electron chi connectivity index (χ3n) is 4.38. The molecule has 2 unspecified atom stereocenters. The number of hydrogen-bond donors (Lipinski definition) is 2. The van der Waals surface area contributed by atoms with Crippen LogP contribution >= 0.6 is 0 Å². The predicted octanol–water partition coefficient (Wildman–Crippen LogP) is 2.71. The first-order valence-electron chi connectivity index (χ1n) is 7.75. The van der Waals surface area contributed by atoms with Gasteiger partial charge in [-0.2, -0.15) is 0 Å². The predicted molar refractivity (Wildman–Crippen MR) is 78.6 cm³/mol. The second-order valence-electron chi connectivity index (χ2n) is 5.87. The molecule has 1 aliphatic rings. The highest BCUT2D eigenvalue weighted by molar-refractivity contribution is 5.74. The molecule has 1 aliphatic heterocycles. The Balaban J connectivity index is 2.48. The highest BCUT2D eigenvalue weighted by Crippen LogP contribution is 2.20. The standard InChI is InChI=1S/C15H28N2O3/c1-4-13(5-2)11(3)16-15(20)17-8-6-7-12(10-17)9-14(18)19/h11-13H,4-10H2,1-3H3,(H,16,20)(H,18,19). The lowest BCUT2D eigenvalue weighted by molar-refractivity contribution is -0.138. The number of hydrogen-bond acceptors (Lipinski definition) is 2. The molecule has 5 nitrogen and oxygen atoms in total. The molecule has 20 heavy (non-hydrogen) atoms. The molecule has 0 aromatic rings. The Kier molecular flexibility index (Phi) is 6.82. The molecule has 2 N–H and O–H groups in total.